The van der Waals surface area contributed by atoms with E-state index in [4.69, 9.17) is 4.74 Å². The van der Waals surface area contributed by atoms with Crippen molar-refractivity contribution in [2.45, 2.75) is 43.6 Å². The highest BCUT2D eigenvalue weighted by molar-refractivity contribution is 7.12. The molecular formula is C14H20N2O3S. The van der Waals surface area contributed by atoms with E-state index in [1.54, 1.807) is 6.07 Å². The number of hydrogen-bond acceptors (Lipinski definition) is 5. The third kappa shape index (κ3) is 3.03. The fraction of sp³-hybridized carbons (Fsp3) is 0.643. The predicted octanol–water partition coefficient (Wildman–Crippen LogP) is 0.748. The summed E-state index contributed by atoms with van der Waals surface area (Å²) in [5.41, 5.74) is 0. The Morgan fingerprint density at radius 1 is 1.50 bits per heavy atom. The lowest BCUT2D eigenvalue weighted by atomic mass is 9.92. The van der Waals surface area contributed by atoms with Crippen molar-refractivity contribution in [3.63, 3.8) is 0 Å². The smallest absolute Gasteiger partial charge is 0.261 e. The molecule has 0 radical (unpaired) electrons. The zero-order valence-electron chi connectivity index (χ0n) is 11.2. The average molecular weight is 296 g/mol. The molecule has 1 amide bonds. The van der Waals surface area contributed by atoms with Crippen LogP contribution in [0.1, 0.15) is 28.9 Å². The van der Waals surface area contributed by atoms with Gasteiger partial charge in [-0.25, -0.2) is 0 Å². The first-order valence-electron chi connectivity index (χ1n) is 7.11. The van der Waals surface area contributed by atoms with Crippen LogP contribution in [0.25, 0.3) is 0 Å². The van der Waals surface area contributed by atoms with Crippen molar-refractivity contribution in [2.24, 2.45) is 0 Å². The molecule has 3 N–H and O–H groups in total. The van der Waals surface area contributed by atoms with Gasteiger partial charge in [-0.2, -0.15) is 0 Å². The summed E-state index contributed by atoms with van der Waals surface area (Å²) in [6.45, 7) is 0.859. The summed E-state index contributed by atoms with van der Waals surface area (Å²) in [5.74, 6) is -0.105. The fourth-order valence-corrected chi connectivity index (χ4v) is 3.22. The molecule has 1 aliphatic carbocycles. The van der Waals surface area contributed by atoms with Gasteiger partial charge < -0.3 is 20.5 Å². The second-order valence-corrected chi connectivity index (χ2v) is 6.40. The van der Waals surface area contributed by atoms with Gasteiger partial charge >= 0.3 is 0 Å². The SMILES string of the molecule is O=C(NC[C@H]1OC[C@@H](NC2CCC2)[C@@H]1O)c1cccs1. The number of thiophene rings is 1. The second-order valence-electron chi connectivity index (χ2n) is 5.45. The lowest BCUT2D eigenvalue weighted by molar-refractivity contribution is 0.0393. The van der Waals surface area contributed by atoms with Crippen molar-refractivity contribution in [1.29, 1.82) is 0 Å². The Labute approximate surface area is 122 Å². The van der Waals surface area contributed by atoms with Gasteiger partial charge in [0, 0.05) is 12.6 Å². The summed E-state index contributed by atoms with van der Waals surface area (Å²) in [6, 6.07) is 4.15. The molecule has 5 nitrogen and oxygen atoms in total. The van der Waals surface area contributed by atoms with E-state index in [0.29, 0.717) is 24.1 Å². The molecule has 2 heterocycles. The van der Waals surface area contributed by atoms with Gasteiger partial charge in [0.1, 0.15) is 6.10 Å². The summed E-state index contributed by atoms with van der Waals surface area (Å²) in [6.07, 6.45) is 2.75. The highest BCUT2D eigenvalue weighted by Crippen LogP contribution is 2.22. The zero-order chi connectivity index (χ0) is 13.9. The number of rotatable bonds is 5. The third-order valence-corrected chi connectivity index (χ3v) is 4.92. The Bertz CT molecular complexity index is 447. The zero-order valence-corrected chi connectivity index (χ0v) is 12.1. The maximum Gasteiger partial charge on any atom is 0.261 e. The van der Waals surface area contributed by atoms with E-state index in [1.165, 1.54) is 30.6 Å². The highest BCUT2D eigenvalue weighted by atomic mass is 32.1. The number of amides is 1. The quantitative estimate of drug-likeness (QED) is 0.750. The van der Waals surface area contributed by atoms with Gasteiger partial charge in [-0.05, 0) is 24.3 Å². The topological polar surface area (TPSA) is 70.6 Å². The summed E-state index contributed by atoms with van der Waals surface area (Å²) in [7, 11) is 0. The molecule has 0 aromatic carbocycles. The standard InChI is InChI=1S/C14H20N2O3S/c17-13-10(16-9-3-1-4-9)8-19-11(13)7-15-14(18)12-5-2-6-20-12/h2,5-6,9-11,13,16-17H,1,3-4,7-8H2,(H,15,18)/t10-,11-,13+/m1/s1. The van der Waals surface area contributed by atoms with Crippen molar-refractivity contribution >= 4 is 17.2 Å². The summed E-state index contributed by atoms with van der Waals surface area (Å²) >= 11 is 1.41. The van der Waals surface area contributed by atoms with Crippen LogP contribution < -0.4 is 10.6 Å². The Morgan fingerprint density at radius 3 is 3.00 bits per heavy atom. The third-order valence-electron chi connectivity index (χ3n) is 4.05. The first kappa shape index (κ1) is 14.0. The molecule has 1 aromatic heterocycles. The van der Waals surface area contributed by atoms with Crippen molar-refractivity contribution < 1.29 is 14.6 Å². The van der Waals surface area contributed by atoms with Crippen LogP contribution in [0.3, 0.4) is 0 Å². The van der Waals surface area contributed by atoms with E-state index >= 15 is 0 Å². The summed E-state index contributed by atoms with van der Waals surface area (Å²) < 4.78 is 5.59. The van der Waals surface area contributed by atoms with Gasteiger partial charge in [0.25, 0.3) is 5.91 Å². The molecule has 2 aliphatic rings. The van der Waals surface area contributed by atoms with E-state index < -0.39 is 6.10 Å². The maximum absolute atomic E-state index is 11.8. The van der Waals surface area contributed by atoms with E-state index in [2.05, 4.69) is 10.6 Å². The first-order chi connectivity index (χ1) is 9.74. The van der Waals surface area contributed by atoms with Crippen LogP contribution in [-0.4, -0.2) is 48.5 Å². The van der Waals surface area contributed by atoms with Crippen LogP contribution in [0.4, 0.5) is 0 Å². The Kier molecular flexibility index (Phi) is 4.35. The monoisotopic (exact) mass is 296 g/mol. The van der Waals surface area contributed by atoms with Crippen LogP contribution in [0, 0.1) is 0 Å². The number of ether oxygens (including phenoxy) is 1. The van der Waals surface area contributed by atoms with E-state index in [0.717, 1.165) is 0 Å². The molecule has 3 atom stereocenters. The largest absolute Gasteiger partial charge is 0.389 e. The van der Waals surface area contributed by atoms with Gasteiger partial charge in [0.05, 0.1) is 23.6 Å². The number of carbonyl (C=O) groups excluding carboxylic acids is 1. The molecule has 2 fully saturated rings. The Hall–Kier alpha value is -0.950. The van der Waals surface area contributed by atoms with Crippen LogP contribution in [0.15, 0.2) is 17.5 Å². The first-order valence-corrected chi connectivity index (χ1v) is 7.99. The van der Waals surface area contributed by atoms with E-state index in [1.807, 2.05) is 11.4 Å². The van der Waals surface area contributed by atoms with Crippen molar-refractivity contribution in [1.82, 2.24) is 10.6 Å². The molecule has 110 valence electrons. The summed E-state index contributed by atoms with van der Waals surface area (Å²) in [4.78, 5) is 12.5. The molecule has 0 bridgehead atoms. The highest BCUT2D eigenvalue weighted by Gasteiger charge is 2.37. The maximum atomic E-state index is 11.8. The molecule has 6 heteroatoms. The van der Waals surface area contributed by atoms with Gasteiger partial charge in [0.15, 0.2) is 0 Å². The number of aliphatic hydroxyl groups excluding tert-OH is 1. The van der Waals surface area contributed by atoms with Crippen molar-refractivity contribution in [3.05, 3.63) is 22.4 Å². The number of hydrogen-bond donors (Lipinski definition) is 3. The Morgan fingerprint density at radius 2 is 2.35 bits per heavy atom. The molecule has 1 aromatic rings. The fourth-order valence-electron chi connectivity index (χ4n) is 2.58. The molecule has 20 heavy (non-hydrogen) atoms. The normalized spacial score (nSPS) is 30.1. The molecule has 0 spiro atoms. The van der Waals surface area contributed by atoms with Gasteiger partial charge in [-0.3, -0.25) is 4.79 Å². The second kappa shape index (κ2) is 6.22. The van der Waals surface area contributed by atoms with Gasteiger partial charge in [0.2, 0.25) is 0 Å². The molecule has 1 saturated heterocycles. The van der Waals surface area contributed by atoms with Crippen LogP contribution in [0.5, 0.6) is 0 Å². The number of aliphatic hydroxyl groups is 1. The van der Waals surface area contributed by atoms with Crippen molar-refractivity contribution in [2.75, 3.05) is 13.2 Å². The summed E-state index contributed by atoms with van der Waals surface area (Å²) in [5, 5.41) is 18.3. The lowest BCUT2D eigenvalue weighted by Gasteiger charge is -2.30. The lowest BCUT2D eigenvalue weighted by Crippen LogP contribution is -2.50. The molecule has 1 saturated carbocycles. The minimum Gasteiger partial charge on any atom is -0.389 e. The molecular weight excluding hydrogens is 276 g/mol. The van der Waals surface area contributed by atoms with E-state index in [-0.39, 0.29) is 18.1 Å². The van der Waals surface area contributed by atoms with E-state index in [9.17, 15) is 9.90 Å². The Balaban J connectivity index is 1.45. The molecule has 3 rings (SSSR count). The van der Waals surface area contributed by atoms with Gasteiger partial charge in [-0.1, -0.05) is 12.5 Å². The van der Waals surface area contributed by atoms with Gasteiger partial charge in [-0.15, -0.1) is 11.3 Å². The number of carbonyl (C=O) groups is 1. The van der Waals surface area contributed by atoms with Crippen LogP contribution in [0.2, 0.25) is 0 Å². The molecule has 0 unspecified atom stereocenters. The number of nitrogens with one attached hydrogen (secondary N) is 2. The van der Waals surface area contributed by atoms with Crippen LogP contribution >= 0.6 is 11.3 Å². The minimum atomic E-state index is -0.556. The van der Waals surface area contributed by atoms with Crippen LogP contribution in [-0.2, 0) is 4.74 Å². The average Bonchev–Trinajstić information content (AvgIpc) is 3.02. The minimum absolute atomic E-state index is 0.0102. The predicted molar refractivity (Wildman–Crippen MR) is 77.0 cm³/mol. The molecule has 1 aliphatic heterocycles. The van der Waals surface area contributed by atoms with Crippen molar-refractivity contribution in [3.8, 4) is 0 Å².